The number of aryl methyl sites for hydroxylation is 1. The van der Waals surface area contributed by atoms with Gasteiger partial charge in [0.25, 0.3) is 0 Å². The molecule has 0 bridgehead atoms. The molecule has 1 nitrogen and oxygen atoms in total. The van der Waals surface area contributed by atoms with Gasteiger partial charge in [0.1, 0.15) is 11.9 Å². The summed E-state index contributed by atoms with van der Waals surface area (Å²) in [6.45, 7) is 1.82. The standard InChI is InChI=1S/C17H17FO/c1-11-10-15(18)8-9-16(11)17(19)14-6-4-13(5-7-14)12-2-3-12/h4-10,12,17,19H,2-3H2,1H3. The van der Waals surface area contributed by atoms with Gasteiger partial charge in [-0.05, 0) is 60.1 Å². The number of rotatable bonds is 3. The average molecular weight is 256 g/mol. The number of hydrogen-bond donors (Lipinski definition) is 1. The van der Waals surface area contributed by atoms with Crippen molar-refractivity contribution in [1.82, 2.24) is 0 Å². The molecule has 1 aliphatic carbocycles. The van der Waals surface area contributed by atoms with Crippen molar-refractivity contribution < 1.29 is 9.50 Å². The maximum Gasteiger partial charge on any atom is 0.123 e. The summed E-state index contributed by atoms with van der Waals surface area (Å²) in [5.74, 6) is 0.455. The van der Waals surface area contributed by atoms with Crippen molar-refractivity contribution in [2.24, 2.45) is 0 Å². The highest BCUT2D eigenvalue weighted by atomic mass is 19.1. The van der Waals surface area contributed by atoms with Crippen molar-refractivity contribution in [1.29, 1.82) is 0 Å². The highest BCUT2D eigenvalue weighted by molar-refractivity contribution is 5.37. The SMILES string of the molecule is Cc1cc(F)ccc1C(O)c1ccc(C2CC2)cc1. The Labute approximate surface area is 112 Å². The van der Waals surface area contributed by atoms with Crippen molar-refractivity contribution in [3.05, 3.63) is 70.5 Å². The van der Waals surface area contributed by atoms with E-state index in [0.29, 0.717) is 0 Å². The van der Waals surface area contributed by atoms with Crippen LogP contribution >= 0.6 is 0 Å². The van der Waals surface area contributed by atoms with Crippen molar-refractivity contribution in [3.8, 4) is 0 Å². The van der Waals surface area contributed by atoms with Gasteiger partial charge in [-0.25, -0.2) is 4.39 Å². The molecular formula is C17H17FO. The number of benzene rings is 2. The summed E-state index contributed by atoms with van der Waals surface area (Å²) in [5.41, 5.74) is 3.75. The molecule has 1 atom stereocenters. The second-order valence-electron chi connectivity index (χ2n) is 5.34. The van der Waals surface area contributed by atoms with E-state index in [0.717, 1.165) is 22.6 Å². The second-order valence-corrected chi connectivity index (χ2v) is 5.34. The maximum absolute atomic E-state index is 13.1. The highest BCUT2D eigenvalue weighted by Gasteiger charge is 2.23. The Morgan fingerprint density at radius 1 is 1.11 bits per heavy atom. The summed E-state index contributed by atoms with van der Waals surface area (Å²) >= 11 is 0. The molecule has 0 heterocycles. The van der Waals surface area contributed by atoms with Crippen LogP contribution in [0.3, 0.4) is 0 Å². The minimum Gasteiger partial charge on any atom is -0.384 e. The van der Waals surface area contributed by atoms with E-state index in [1.165, 1.54) is 30.5 Å². The first kappa shape index (κ1) is 12.4. The lowest BCUT2D eigenvalue weighted by atomic mass is 9.96. The summed E-state index contributed by atoms with van der Waals surface area (Å²) in [6.07, 6.45) is 1.87. The van der Waals surface area contributed by atoms with Crippen LogP contribution in [0.1, 0.15) is 47.1 Å². The molecule has 0 amide bonds. The van der Waals surface area contributed by atoms with Crippen LogP contribution in [-0.4, -0.2) is 5.11 Å². The molecule has 1 aliphatic rings. The zero-order valence-electron chi connectivity index (χ0n) is 10.9. The molecule has 0 radical (unpaired) electrons. The first-order chi connectivity index (χ1) is 9.15. The quantitative estimate of drug-likeness (QED) is 0.876. The molecule has 0 aromatic heterocycles. The topological polar surface area (TPSA) is 20.2 Å². The van der Waals surface area contributed by atoms with Gasteiger partial charge in [0.05, 0.1) is 0 Å². The van der Waals surface area contributed by atoms with Gasteiger partial charge in [-0.3, -0.25) is 0 Å². The molecule has 0 spiro atoms. The molecule has 19 heavy (non-hydrogen) atoms. The van der Waals surface area contributed by atoms with Crippen molar-refractivity contribution in [2.75, 3.05) is 0 Å². The smallest absolute Gasteiger partial charge is 0.123 e. The fraction of sp³-hybridized carbons (Fsp3) is 0.294. The summed E-state index contributed by atoms with van der Waals surface area (Å²) in [6, 6.07) is 12.6. The van der Waals surface area contributed by atoms with E-state index in [1.807, 2.05) is 19.1 Å². The third-order valence-electron chi connectivity index (χ3n) is 3.83. The normalized spacial score (nSPS) is 16.4. The average Bonchev–Trinajstić information content (AvgIpc) is 3.22. The van der Waals surface area contributed by atoms with E-state index >= 15 is 0 Å². The van der Waals surface area contributed by atoms with E-state index in [9.17, 15) is 9.50 Å². The molecule has 0 aliphatic heterocycles. The highest BCUT2D eigenvalue weighted by Crippen LogP contribution is 2.40. The van der Waals surface area contributed by atoms with Crippen molar-refractivity contribution in [3.63, 3.8) is 0 Å². The molecule has 0 saturated heterocycles. The molecule has 1 N–H and O–H groups in total. The van der Waals surface area contributed by atoms with Gasteiger partial charge in [0, 0.05) is 0 Å². The molecule has 1 unspecified atom stereocenters. The molecule has 1 saturated carbocycles. The van der Waals surface area contributed by atoms with Gasteiger partial charge >= 0.3 is 0 Å². The Morgan fingerprint density at radius 3 is 2.37 bits per heavy atom. The predicted molar refractivity (Wildman–Crippen MR) is 73.6 cm³/mol. The van der Waals surface area contributed by atoms with Crippen LogP contribution < -0.4 is 0 Å². The lowest BCUT2D eigenvalue weighted by Crippen LogP contribution is -2.02. The Balaban J connectivity index is 1.87. The third-order valence-corrected chi connectivity index (χ3v) is 3.83. The van der Waals surface area contributed by atoms with Crippen LogP contribution in [0.25, 0.3) is 0 Å². The van der Waals surface area contributed by atoms with Gasteiger partial charge < -0.3 is 5.11 Å². The van der Waals surface area contributed by atoms with Gasteiger partial charge in [0.15, 0.2) is 0 Å². The van der Waals surface area contributed by atoms with E-state index in [4.69, 9.17) is 0 Å². The summed E-state index contributed by atoms with van der Waals surface area (Å²) < 4.78 is 13.1. The van der Waals surface area contributed by atoms with Gasteiger partial charge in [-0.15, -0.1) is 0 Å². The number of halogens is 1. The van der Waals surface area contributed by atoms with Crippen molar-refractivity contribution >= 4 is 0 Å². The minimum atomic E-state index is -0.686. The number of aliphatic hydroxyl groups is 1. The first-order valence-corrected chi connectivity index (χ1v) is 6.69. The van der Waals surface area contributed by atoms with Crippen LogP contribution in [0.15, 0.2) is 42.5 Å². The van der Waals surface area contributed by atoms with Crippen LogP contribution in [0, 0.1) is 12.7 Å². The summed E-state index contributed by atoms with van der Waals surface area (Å²) in [4.78, 5) is 0. The summed E-state index contributed by atoms with van der Waals surface area (Å²) in [5, 5.41) is 10.4. The van der Waals surface area contributed by atoms with Crippen LogP contribution in [-0.2, 0) is 0 Å². The Kier molecular flexibility index (Phi) is 3.11. The van der Waals surface area contributed by atoms with Crippen LogP contribution in [0.4, 0.5) is 4.39 Å². The first-order valence-electron chi connectivity index (χ1n) is 6.69. The molecular weight excluding hydrogens is 239 g/mol. The van der Waals surface area contributed by atoms with Gasteiger partial charge in [-0.2, -0.15) is 0 Å². The van der Waals surface area contributed by atoms with E-state index in [2.05, 4.69) is 12.1 Å². The Bertz CT molecular complexity index is 585. The lowest BCUT2D eigenvalue weighted by Gasteiger charge is -2.14. The lowest BCUT2D eigenvalue weighted by molar-refractivity contribution is 0.219. The Hall–Kier alpha value is -1.67. The molecule has 98 valence electrons. The molecule has 2 heteroatoms. The largest absolute Gasteiger partial charge is 0.384 e. The zero-order chi connectivity index (χ0) is 13.4. The second kappa shape index (κ2) is 4.78. The van der Waals surface area contributed by atoms with Crippen LogP contribution in [0.2, 0.25) is 0 Å². The summed E-state index contributed by atoms with van der Waals surface area (Å²) in [7, 11) is 0. The number of hydrogen-bond acceptors (Lipinski definition) is 1. The molecule has 2 aromatic carbocycles. The zero-order valence-corrected chi connectivity index (χ0v) is 10.9. The van der Waals surface area contributed by atoms with Crippen LogP contribution in [0.5, 0.6) is 0 Å². The molecule has 3 rings (SSSR count). The molecule has 2 aromatic rings. The van der Waals surface area contributed by atoms with Crippen molar-refractivity contribution in [2.45, 2.75) is 31.8 Å². The van der Waals surface area contributed by atoms with E-state index < -0.39 is 6.10 Å². The van der Waals surface area contributed by atoms with E-state index in [1.54, 1.807) is 6.07 Å². The van der Waals surface area contributed by atoms with E-state index in [-0.39, 0.29) is 5.82 Å². The fourth-order valence-electron chi connectivity index (χ4n) is 2.49. The Morgan fingerprint density at radius 2 is 1.79 bits per heavy atom. The minimum absolute atomic E-state index is 0.266. The van der Waals surface area contributed by atoms with Gasteiger partial charge in [0.2, 0.25) is 0 Å². The maximum atomic E-state index is 13.1. The molecule has 1 fully saturated rings. The number of aliphatic hydroxyl groups excluding tert-OH is 1. The fourth-order valence-corrected chi connectivity index (χ4v) is 2.49. The predicted octanol–water partition coefficient (Wildman–Crippen LogP) is 4.09. The monoisotopic (exact) mass is 256 g/mol. The van der Waals surface area contributed by atoms with Gasteiger partial charge in [-0.1, -0.05) is 30.3 Å². The third kappa shape index (κ3) is 2.54.